The number of hydrogen-bond donors (Lipinski definition) is 1. The molecule has 0 bridgehead atoms. The van der Waals surface area contributed by atoms with E-state index in [1.807, 2.05) is 0 Å². The second-order valence-corrected chi connectivity index (χ2v) is 8.90. The number of hydrogen-bond acceptors (Lipinski definition) is 6. The summed E-state index contributed by atoms with van der Waals surface area (Å²) in [4.78, 5) is 14.7. The van der Waals surface area contributed by atoms with Gasteiger partial charge in [-0.1, -0.05) is 6.07 Å². The van der Waals surface area contributed by atoms with E-state index in [-0.39, 0.29) is 16.4 Å². The van der Waals surface area contributed by atoms with Gasteiger partial charge in [0, 0.05) is 30.1 Å². The Morgan fingerprint density at radius 3 is 2.12 bits per heavy atom. The van der Waals surface area contributed by atoms with Crippen LogP contribution in [0.15, 0.2) is 65.6 Å². The van der Waals surface area contributed by atoms with Crippen LogP contribution in [0.3, 0.4) is 0 Å². The molecule has 0 spiro atoms. The summed E-state index contributed by atoms with van der Waals surface area (Å²) in [6, 6.07) is 16.1. The number of carbonyl (C=O) groups is 1. The minimum absolute atomic E-state index is 0.0204. The normalized spacial score (nSPS) is 10.9. The third-order valence-corrected chi connectivity index (χ3v) is 6.53. The number of carbonyl (C=O) groups excluding carboxylic acids is 1. The Hall–Kier alpha value is -3.72. The molecule has 8 nitrogen and oxygen atoms in total. The molecule has 0 aliphatic heterocycles. The highest BCUT2D eigenvalue weighted by molar-refractivity contribution is 7.92. The van der Waals surface area contributed by atoms with Crippen molar-refractivity contribution in [1.82, 2.24) is 0 Å². The van der Waals surface area contributed by atoms with E-state index in [0.717, 1.165) is 0 Å². The molecule has 0 aliphatic carbocycles. The molecule has 0 saturated heterocycles. The fraction of sp³-hybridized carbons (Fsp3) is 0.208. The molecule has 3 aromatic rings. The number of anilines is 2. The molecule has 3 aromatic carbocycles. The minimum atomic E-state index is -3.91. The van der Waals surface area contributed by atoms with Crippen LogP contribution in [0.2, 0.25) is 0 Å². The molecule has 0 radical (unpaired) electrons. The predicted octanol–water partition coefficient (Wildman–Crippen LogP) is 4.10. The summed E-state index contributed by atoms with van der Waals surface area (Å²) in [6.07, 6.45) is 0. The molecule has 0 unspecified atom stereocenters. The summed E-state index contributed by atoms with van der Waals surface area (Å²) in [5.41, 5.74) is 1.87. The molecule has 0 aromatic heterocycles. The van der Waals surface area contributed by atoms with E-state index < -0.39 is 10.0 Å². The Morgan fingerprint density at radius 2 is 1.52 bits per heavy atom. The van der Waals surface area contributed by atoms with Crippen LogP contribution in [0.5, 0.6) is 17.2 Å². The van der Waals surface area contributed by atoms with E-state index in [1.54, 1.807) is 62.5 Å². The smallest absolute Gasteiger partial charge is 0.261 e. The van der Waals surface area contributed by atoms with Crippen molar-refractivity contribution < 1.29 is 27.4 Å². The highest BCUT2D eigenvalue weighted by atomic mass is 32.2. The van der Waals surface area contributed by atoms with Crippen LogP contribution < -0.4 is 23.8 Å². The first kappa shape index (κ1) is 23.9. The summed E-state index contributed by atoms with van der Waals surface area (Å²) < 4.78 is 44.0. The van der Waals surface area contributed by atoms with Gasteiger partial charge < -0.3 is 19.1 Å². The van der Waals surface area contributed by atoms with E-state index in [9.17, 15) is 13.2 Å². The minimum Gasteiger partial charge on any atom is -0.497 e. The van der Waals surface area contributed by atoms with Crippen LogP contribution in [0.25, 0.3) is 0 Å². The Kier molecular flexibility index (Phi) is 7.13. The zero-order valence-corrected chi connectivity index (χ0v) is 19.9. The van der Waals surface area contributed by atoms with Crippen molar-refractivity contribution in [2.45, 2.75) is 11.8 Å². The van der Waals surface area contributed by atoms with Gasteiger partial charge in [-0.25, -0.2) is 8.42 Å². The van der Waals surface area contributed by atoms with Crippen LogP contribution >= 0.6 is 0 Å². The van der Waals surface area contributed by atoms with Crippen molar-refractivity contribution >= 4 is 27.3 Å². The maximum atomic E-state index is 13.3. The third kappa shape index (κ3) is 5.20. The lowest BCUT2D eigenvalue weighted by Crippen LogP contribution is -2.27. The monoisotopic (exact) mass is 470 g/mol. The van der Waals surface area contributed by atoms with Gasteiger partial charge in [0.25, 0.3) is 15.9 Å². The van der Waals surface area contributed by atoms with Gasteiger partial charge in [-0.2, -0.15) is 0 Å². The standard InChI is InChI=1S/C24H26N2O6S/c1-16-6-12-20(33(28,29)25-17-7-10-19(30-3)11-8-17)15-21(16)24(27)26(2)18-9-13-22(31-4)23(14-18)32-5/h6-15,25H,1-5H3. The molecule has 0 saturated carbocycles. The maximum absolute atomic E-state index is 13.3. The summed E-state index contributed by atoms with van der Waals surface area (Å²) in [5.74, 6) is 1.27. The number of benzene rings is 3. The van der Waals surface area contributed by atoms with Gasteiger partial charge in [0.2, 0.25) is 0 Å². The van der Waals surface area contributed by atoms with E-state index in [2.05, 4.69) is 4.72 Å². The maximum Gasteiger partial charge on any atom is 0.261 e. The molecule has 1 amide bonds. The number of aryl methyl sites for hydroxylation is 1. The number of sulfonamides is 1. The number of nitrogens with one attached hydrogen (secondary N) is 1. The largest absolute Gasteiger partial charge is 0.497 e. The summed E-state index contributed by atoms with van der Waals surface area (Å²) in [6.45, 7) is 1.75. The Labute approximate surface area is 193 Å². The lowest BCUT2D eigenvalue weighted by molar-refractivity contribution is 0.0992. The summed E-state index contributed by atoms with van der Waals surface area (Å²) in [5, 5.41) is 0. The van der Waals surface area contributed by atoms with Gasteiger partial charge in [-0.05, 0) is 61.0 Å². The number of nitrogens with zero attached hydrogens (tertiary/aromatic N) is 1. The van der Waals surface area contributed by atoms with Crippen LogP contribution in [-0.4, -0.2) is 42.7 Å². The molecule has 174 valence electrons. The highest BCUT2D eigenvalue weighted by Gasteiger charge is 2.22. The zero-order chi connectivity index (χ0) is 24.2. The molecular formula is C24H26N2O6S. The van der Waals surface area contributed by atoms with Gasteiger partial charge in [0.1, 0.15) is 5.75 Å². The van der Waals surface area contributed by atoms with Crippen LogP contribution in [0.4, 0.5) is 11.4 Å². The quantitative estimate of drug-likeness (QED) is 0.533. The second kappa shape index (κ2) is 9.83. The SMILES string of the molecule is COc1ccc(NS(=O)(=O)c2ccc(C)c(C(=O)N(C)c3ccc(OC)c(OC)c3)c2)cc1. The van der Waals surface area contributed by atoms with Gasteiger partial charge in [0.15, 0.2) is 11.5 Å². The molecule has 0 heterocycles. The molecule has 0 fully saturated rings. The number of ether oxygens (including phenoxy) is 3. The first-order chi connectivity index (χ1) is 15.7. The number of methoxy groups -OCH3 is 3. The van der Waals surface area contributed by atoms with Gasteiger partial charge in [0.05, 0.1) is 26.2 Å². The van der Waals surface area contributed by atoms with E-state index in [0.29, 0.717) is 34.2 Å². The molecule has 9 heteroatoms. The average molecular weight is 471 g/mol. The topological polar surface area (TPSA) is 94.2 Å². The zero-order valence-electron chi connectivity index (χ0n) is 19.1. The average Bonchev–Trinajstić information content (AvgIpc) is 2.83. The number of amides is 1. The summed E-state index contributed by atoms with van der Waals surface area (Å²) >= 11 is 0. The Morgan fingerprint density at radius 1 is 0.848 bits per heavy atom. The van der Waals surface area contributed by atoms with Gasteiger partial charge in [-0.3, -0.25) is 9.52 Å². The van der Waals surface area contributed by atoms with Crippen molar-refractivity contribution in [2.75, 3.05) is 38.0 Å². The highest BCUT2D eigenvalue weighted by Crippen LogP contribution is 2.32. The van der Waals surface area contributed by atoms with E-state index >= 15 is 0 Å². The second-order valence-electron chi connectivity index (χ2n) is 7.21. The first-order valence-electron chi connectivity index (χ1n) is 9.97. The van der Waals surface area contributed by atoms with Crippen molar-refractivity contribution in [3.05, 3.63) is 71.8 Å². The predicted molar refractivity (Wildman–Crippen MR) is 127 cm³/mol. The van der Waals surface area contributed by atoms with Crippen LogP contribution in [0, 0.1) is 6.92 Å². The molecule has 0 aliphatic rings. The van der Waals surface area contributed by atoms with Crippen LogP contribution in [-0.2, 0) is 10.0 Å². The van der Waals surface area contributed by atoms with E-state index in [1.165, 1.54) is 38.4 Å². The molecule has 3 rings (SSSR count). The molecular weight excluding hydrogens is 444 g/mol. The van der Waals surface area contributed by atoms with Crippen molar-refractivity contribution in [1.29, 1.82) is 0 Å². The lowest BCUT2D eigenvalue weighted by atomic mass is 10.1. The van der Waals surface area contributed by atoms with Crippen molar-refractivity contribution in [3.63, 3.8) is 0 Å². The summed E-state index contributed by atoms with van der Waals surface area (Å²) in [7, 11) is 2.27. The Balaban J connectivity index is 1.90. The van der Waals surface area contributed by atoms with Gasteiger partial charge in [-0.15, -0.1) is 0 Å². The van der Waals surface area contributed by atoms with Crippen molar-refractivity contribution in [3.8, 4) is 17.2 Å². The van der Waals surface area contributed by atoms with Gasteiger partial charge >= 0.3 is 0 Å². The van der Waals surface area contributed by atoms with Crippen LogP contribution in [0.1, 0.15) is 15.9 Å². The third-order valence-electron chi connectivity index (χ3n) is 5.15. The fourth-order valence-electron chi connectivity index (χ4n) is 3.20. The van der Waals surface area contributed by atoms with E-state index in [4.69, 9.17) is 14.2 Å². The first-order valence-corrected chi connectivity index (χ1v) is 11.5. The lowest BCUT2D eigenvalue weighted by Gasteiger charge is -2.20. The molecule has 0 atom stereocenters. The Bertz CT molecular complexity index is 1260. The molecule has 1 N–H and O–H groups in total. The number of rotatable bonds is 8. The fourth-order valence-corrected chi connectivity index (χ4v) is 4.29. The van der Waals surface area contributed by atoms with Crippen molar-refractivity contribution in [2.24, 2.45) is 0 Å². The molecule has 33 heavy (non-hydrogen) atoms.